The summed E-state index contributed by atoms with van der Waals surface area (Å²) in [6.45, 7) is 6.11. The van der Waals surface area contributed by atoms with Crippen molar-refractivity contribution in [2.45, 2.75) is 51.9 Å². The van der Waals surface area contributed by atoms with Crippen LogP contribution in [0.3, 0.4) is 0 Å². The molecule has 1 saturated heterocycles. The summed E-state index contributed by atoms with van der Waals surface area (Å²) < 4.78 is 13.5. The van der Waals surface area contributed by atoms with E-state index >= 15 is 0 Å². The standard InChI is InChI=1S/C19H26N2O3/c1-3-21-10-9-15-12-16(7-8-18(15)21)20-19(22)14(2)24-13-17-6-4-5-11-23-17/h7-10,12,14,17H,3-6,11,13H2,1-2H3,(H,20,22). The van der Waals surface area contributed by atoms with Crippen LogP contribution in [-0.4, -0.2) is 35.9 Å². The van der Waals surface area contributed by atoms with Crippen LogP contribution in [0.5, 0.6) is 0 Å². The normalized spacial score (nSPS) is 19.3. The zero-order valence-electron chi connectivity index (χ0n) is 14.5. The number of hydrogen-bond donors (Lipinski definition) is 1. The van der Waals surface area contributed by atoms with Crippen molar-refractivity contribution >= 4 is 22.5 Å². The maximum atomic E-state index is 12.3. The molecule has 5 nitrogen and oxygen atoms in total. The lowest BCUT2D eigenvalue weighted by Gasteiger charge is -2.23. The molecule has 0 radical (unpaired) electrons. The second kappa shape index (κ2) is 7.81. The summed E-state index contributed by atoms with van der Waals surface area (Å²) in [4.78, 5) is 12.3. The lowest BCUT2D eigenvalue weighted by molar-refractivity contribution is -0.130. The Morgan fingerprint density at radius 2 is 2.29 bits per heavy atom. The molecule has 24 heavy (non-hydrogen) atoms. The third-order valence-corrected chi connectivity index (χ3v) is 4.55. The average Bonchev–Trinajstić information content (AvgIpc) is 3.02. The molecule has 1 aliphatic rings. The van der Waals surface area contributed by atoms with Crippen molar-refractivity contribution in [3.05, 3.63) is 30.5 Å². The molecule has 2 heterocycles. The number of benzene rings is 1. The van der Waals surface area contributed by atoms with Gasteiger partial charge in [0, 0.05) is 35.9 Å². The Balaban J connectivity index is 1.55. The van der Waals surface area contributed by atoms with Gasteiger partial charge < -0.3 is 19.4 Å². The number of aromatic nitrogens is 1. The Morgan fingerprint density at radius 1 is 1.42 bits per heavy atom. The number of rotatable bonds is 6. The van der Waals surface area contributed by atoms with E-state index in [1.807, 2.05) is 18.2 Å². The molecule has 1 aromatic carbocycles. The predicted molar refractivity (Wildman–Crippen MR) is 95.2 cm³/mol. The van der Waals surface area contributed by atoms with Crippen molar-refractivity contribution in [2.75, 3.05) is 18.5 Å². The summed E-state index contributed by atoms with van der Waals surface area (Å²) >= 11 is 0. The quantitative estimate of drug-likeness (QED) is 0.881. The van der Waals surface area contributed by atoms with Gasteiger partial charge in [-0.25, -0.2) is 0 Å². The molecule has 1 fully saturated rings. The zero-order valence-corrected chi connectivity index (χ0v) is 14.5. The second-order valence-corrected chi connectivity index (χ2v) is 6.33. The fraction of sp³-hybridized carbons (Fsp3) is 0.526. The third kappa shape index (κ3) is 3.97. The van der Waals surface area contributed by atoms with Gasteiger partial charge >= 0.3 is 0 Å². The number of anilines is 1. The second-order valence-electron chi connectivity index (χ2n) is 6.33. The van der Waals surface area contributed by atoms with Crippen LogP contribution in [-0.2, 0) is 20.8 Å². The van der Waals surface area contributed by atoms with E-state index in [4.69, 9.17) is 9.47 Å². The minimum atomic E-state index is -0.494. The van der Waals surface area contributed by atoms with Crippen LogP contribution in [0.15, 0.2) is 30.5 Å². The van der Waals surface area contributed by atoms with Gasteiger partial charge in [0.2, 0.25) is 0 Å². The van der Waals surface area contributed by atoms with Crippen LogP contribution in [0.4, 0.5) is 5.69 Å². The van der Waals surface area contributed by atoms with Gasteiger partial charge in [0.15, 0.2) is 0 Å². The first kappa shape index (κ1) is 17.0. The third-order valence-electron chi connectivity index (χ3n) is 4.55. The van der Waals surface area contributed by atoms with Crippen LogP contribution in [0.25, 0.3) is 10.9 Å². The number of hydrogen-bond acceptors (Lipinski definition) is 3. The molecule has 1 aliphatic heterocycles. The van der Waals surface area contributed by atoms with E-state index in [2.05, 4.69) is 29.1 Å². The predicted octanol–water partition coefficient (Wildman–Crippen LogP) is 3.57. The van der Waals surface area contributed by atoms with Crippen LogP contribution >= 0.6 is 0 Å². The largest absolute Gasteiger partial charge is 0.376 e. The molecule has 130 valence electrons. The highest BCUT2D eigenvalue weighted by atomic mass is 16.5. The summed E-state index contributed by atoms with van der Waals surface area (Å²) in [7, 11) is 0. The molecule has 0 saturated carbocycles. The highest BCUT2D eigenvalue weighted by Crippen LogP contribution is 2.21. The number of nitrogens with zero attached hydrogens (tertiary/aromatic N) is 1. The van der Waals surface area contributed by atoms with E-state index in [1.165, 1.54) is 11.9 Å². The number of ether oxygens (including phenoxy) is 2. The fourth-order valence-corrected chi connectivity index (χ4v) is 3.06. The van der Waals surface area contributed by atoms with Crippen molar-refractivity contribution in [1.82, 2.24) is 4.57 Å². The first-order chi connectivity index (χ1) is 11.7. The molecule has 3 rings (SSSR count). The van der Waals surface area contributed by atoms with Crippen molar-refractivity contribution in [2.24, 2.45) is 0 Å². The Kier molecular flexibility index (Phi) is 5.53. The molecule has 1 amide bonds. The van der Waals surface area contributed by atoms with Crippen LogP contribution < -0.4 is 5.32 Å². The van der Waals surface area contributed by atoms with Crippen molar-refractivity contribution in [3.63, 3.8) is 0 Å². The Morgan fingerprint density at radius 3 is 3.04 bits per heavy atom. The molecule has 2 unspecified atom stereocenters. The van der Waals surface area contributed by atoms with Gasteiger partial charge in [-0.1, -0.05) is 0 Å². The molecule has 5 heteroatoms. The van der Waals surface area contributed by atoms with Gasteiger partial charge in [-0.05, 0) is 57.4 Å². The minimum absolute atomic E-state index is 0.124. The van der Waals surface area contributed by atoms with Crippen LogP contribution in [0, 0.1) is 0 Å². The monoisotopic (exact) mass is 330 g/mol. The van der Waals surface area contributed by atoms with Gasteiger partial charge in [0.1, 0.15) is 6.10 Å². The van der Waals surface area contributed by atoms with Crippen LogP contribution in [0.1, 0.15) is 33.1 Å². The maximum absolute atomic E-state index is 12.3. The SMILES string of the molecule is CCn1ccc2cc(NC(=O)C(C)OCC3CCCCO3)ccc21. The summed E-state index contributed by atoms with van der Waals surface area (Å²) in [6, 6.07) is 8.03. The van der Waals surface area contributed by atoms with Crippen molar-refractivity contribution in [3.8, 4) is 0 Å². The molecular formula is C19H26N2O3. The average molecular weight is 330 g/mol. The van der Waals surface area contributed by atoms with Gasteiger partial charge in [-0.2, -0.15) is 0 Å². The van der Waals surface area contributed by atoms with E-state index in [0.717, 1.165) is 37.1 Å². The first-order valence-corrected chi connectivity index (χ1v) is 8.80. The lowest BCUT2D eigenvalue weighted by atomic mass is 10.1. The summed E-state index contributed by atoms with van der Waals surface area (Å²) in [5.74, 6) is -0.125. The number of fused-ring (bicyclic) bond motifs is 1. The van der Waals surface area contributed by atoms with Crippen molar-refractivity contribution in [1.29, 1.82) is 0 Å². The van der Waals surface area contributed by atoms with E-state index in [0.29, 0.717) is 6.61 Å². The van der Waals surface area contributed by atoms with Gasteiger partial charge in [0.05, 0.1) is 12.7 Å². The number of aryl methyl sites for hydroxylation is 1. The number of nitrogens with one attached hydrogen (secondary N) is 1. The molecule has 0 bridgehead atoms. The number of carbonyl (C=O) groups is 1. The van der Waals surface area contributed by atoms with E-state index in [1.54, 1.807) is 6.92 Å². The number of carbonyl (C=O) groups excluding carboxylic acids is 1. The molecule has 1 N–H and O–H groups in total. The van der Waals surface area contributed by atoms with E-state index in [9.17, 15) is 4.79 Å². The summed E-state index contributed by atoms with van der Waals surface area (Å²) in [5.41, 5.74) is 1.97. The Bertz CT molecular complexity index is 689. The van der Waals surface area contributed by atoms with Gasteiger partial charge in [0.25, 0.3) is 5.91 Å². The smallest absolute Gasteiger partial charge is 0.253 e. The van der Waals surface area contributed by atoms with E-state index < -0.39 is 6.10 Å². The summed E-state index contributed by atoms with van der Waals surface area (Å²) in [6.07, 6.45) is 5.00. The van der Waals surface area contributed by atoms with Crippen molar-refractivity contribution < 1.29 is 14.3 Å². The van der Waals surface area contributed by atoms with Gasteiger partial charge in [-0.3, -0.25) is 4.79 Å². The molecule has 2 atom stereocenters. The fourth-order valence-electron chi connectivity index (χ4n) is 3.06. The first-order valence-electron chi connectivity index (χ1n) is 8.80. The Hall–Kier alpha value is -1.85. The molecular weight excluding hydrogens is 304 g/mol. The van der Waals surface area contributed by atoms with Crippen LogP contribution in [0.2, 0.25) is 0 Å². The highest BCUT2D eigenvalue weighted by molar-refractivity contribution is 5.96. The van der Waals surface area contributed by atoms with Gasteiger partial charge in [-0.15, -0.1) is 0 Å². The molecule has 2 aromatic rings. The minimum Gasteiger partial charge on any atom is -0.376 e. The Labute approximate surface area is 142 Å². The summed E-state index contributed by atoms with van der Waals surface area (Å²) in [5, 5.41) is 4.06. The lowest BCUT2D eigenvalue weighted by Crippen LogP contribution is -2.32. The molecule has 0 aliphatic carbocycles. The van der Waals surface area contributed by atoms with E-state index in [-0.39, 0.29) is 12.0 Å². The number of amides is 1. The zero-order chi connectivity index (χ0) is 16.9. The topological polar surface area (TPSA) is 52.5 Å². The highest BCUT2D eigenvalue weighted by Gasteiger charge is 2.19. The molecule has 0 spiro atoms. The maximum Gasteiger partial charge on any atom is 0.253 e. The molecule has 1 aromatic heterocycles.